The second kappa shape index (κ2) is 7.89. The van der Waals surface area contributed by atoms with Crippen LogP contribution in [-0.4, -0.2) is 13.7 Å². The fourth-order valence-corrected chi connectivity index (χ4v) is 2.70. The number of para-hydroxylation sites is 1. The van der Waals surface area contributed by atoms with Crippen molar-refractivity contribution in [1.82, 2.24) is 5.32 Å². The molecule has 0 bridgehead atoms. The van der Waals surface area contributed by atoms with E-state index >= 15 is 0 Å². The van der Waals surface area contributed by atoms with Gasteiger partial charge in [0.15, 0.2) is 0 Å². The highest BCUT2D eigenvalue weighted by molar-refractivity contribution is 5.36. The number of rotatable bonds is 8. The van der Waals surface area contributed by atoms with Crippen LogP contribution >= 0.6 is 0 Å². The molecular weight excluding hydrogens is 262 g/mol. The molecule has 1 aromatic heterocycles. The van der Waals surface area contributed by atoms with Gasteiger partial charge in [0.05, 0.1) is 19.9 Å². The van der Waals surface area contributed by atoms with Crippen LogP contribution in [0.4, 0.5) is 0 Å². The first-order valence-electron chi connectivity index (χ1n) is 7.58. The van der Waals surface area contributed by atoms with Crippen LogP contribution in [0.15, 0.2) is 47.1 Å². The van der Waals surface area contributed by atoms with Crippen molar-refractivity contribution in [1.29, 1.82) is 0 Å². The molecule has 1 aromatic carbocycles. The zero-order chi connectivity index (χ0) is 15.1. The third-order valence-electron chi connectivity index (χ3n) is 3.85. The lowest BCUT2D eigenvalue weighted by Crippen LogP contribution is -2.19. The Bertz CT molecular complexity index is 520. The number of benzene rings is 1. The van der Waals surface area contributed by atoms with Crippen LogP contribution in [0.3, 0.4) is 0 Å². The molecule has 2 rings (SSSR count). The summed E-state index contributed by atoms with van der Waals surface area (Å²) in [4.78, 5) is 0. The molecule has 1 N–H and O–H groups in total. The van der Waals surface area contributed by atoms with E-state index in [1.807, 2.05) is 24.3 Å². The monoisotopic (exact) mass is 287 g/mol. The number of nitrogens with one attached hydrogen (secondary N) is 1. The maximum Gasteiger partial charge on any atom is 0.122 e. The van der Waals surface area contributed by atoms with E-state index in [4.69, 9.17) is 9.15 Å². The van der Waals surface area contributed by atoms with E-state index in [1.54, 1.807) is 13.4 Å². The van der Waals surface area contributed by atoms with Crippen LogP contribution in [0.5, 0.6) is 5.75 Å². The Balaban J connectivity index is 1.93. The molecule has 2 aromatic rings. The largest absolute Gasteiger partial charge is 0.496 e. The van der Waals surface area contributed by atoms with Gasteiger partial charge in [0.2, 0.25) is 0 Å². The van der Waals surface area contributed by atoms with Gasteiger partial charge in [0.25, 0.3) is 0 Å². The van der Waals surface area contributed by atoms with Gasteiger partial charge < -0.3 is 14.5 Å². The van der Waals surface area contributed by atoms with Crippen molar-refractivity contribution in [3.8, 4) is 5.75 Å². The molecule has 0 saturated carbocycles. The highest BCUT2D eigenvalue weighted by atomic mass is 16.5. The van der Waals surface area contributed by atoms with E-state index in [0.717, 1.165) is 31.0 Å². The Morgan fingerprint density at radius 3 is 2.62 bits per heavy atom. The first-order valence-corrected chi connectivity index (χ1v) is 7.58. The van der Waals surface area contributed by atoms with E-state index in [9.17, 15) is 0 Å². The minimum atomic E-state index is 0.491. The SMILES string of the molecule is COc1ccccc1C(CCNCc1ccco1)C(C)C. The zero-order valence-corrected chi connectivity index (χ0v) is 13.1. The van der Waals surface area contributed by atoms with Crippen molar-refractivity contribution >= 4 is 0 Å². The molecule has 0 fully saturated rings. The van der Waals surface area contributed by atoms with Crippen LogP contribution < -0.4 is 10.1 Å². The molecule has 114 valence electrons. The van der Waals surface area contributed by atoms with Gasteiger partial charge in [-0.05, 0) is 48.6 Å². The fourth-order valence-electron chi connectivity index (χ4n) is 2.70. The van der Waals surface area contributed by atoms with Gasteiger partial charge >= 0.3 is 0 Å². The number of ether oxygens (including phenoxy) is 1. The van der Waals surface area contributed by atoms with E-state index in [1.165, 1.54) is 5.56 Å². The summed E-state index contributed by atoms with van der Waals surface area (Å²) < 4.78 is 10.8. The molecule has 3 nitrogen and oxygen atoms in total. The van der Waals surface area contributed by atoms with Crippen LogP contribution in [0.1, 0.15) is 37.5 Å². The molecule has 0 aliphatic rings. The van der Waals surface area contributed by atoms with Gasteiger partial charge in [-0.3, -0.25) is 0 Å². The van der Waals surface area contributed by atoms with Crippen LogP contribution in [0.2, 0.25) is 0 Å². The second-order valence-corrected chi connectivity index (χ2v) is 5.64. The lowest BCUT2D eigenvalue weighted by Gasteiger charge is -2.23. The van der Waals surface area contributed by atoms with Crippen molar-refractivity contribution in [3.05, 3.63) is 54.0 Å². The molecule has 0 aliphatic heterocycles. The molecule has 1 heterocycles. The lowest BCUT2D eigenvalue weighted by atomic mass is 9.85. The van der Waals surface area contributed by atoms with Crippen LogP contribution in [-0.2, 0) is 6.54 Å². The number of hydrogen-bond acceptors (Lipinski definition) is 3. The predicted molar refractivity (Wildman–Crippen MR) is 85.6 cm³/mol. The lowest BCUT2D eigenvalue weighted by molar-refractivity contribution is 0.384. The summed E-state index contributed by atoms with van der Waals surface area (Å²) in [5, 5.41) is 3.45. The quantitative estimate of drug-likeness (QED) is 0.739. The number of furan rings is 1. The molecule has 1 unspecified atom stereocenters. The minimum absolute atomic E-state index is 0.491. The molecule has 0 saturated heterocycles. The van der Waals surface area contributed by atoms with Crippen molar-refractivity contribution in [3.63, 3.8) is 0 Å². The Hall–Kier alpha value is -1.74. The van der Waals surface area contributed by atoms with Crippen molar-refractivity contribution in [2.75, 3.05) is 13.7 Å². The third kappa shape index (κ3) is 4.36. The maximum atomic E-state index is 5.51. The van der Waals surface area contributed by atoms with Crippen LogP contribution in [0.25, 0.3) is 0 Å². The van der Waals surface area contributed by atoms with Crippen molar-refractivity contribution in [2.45, 2.75) is 32.7 Å². The average molecular weight is 287 g/mol. The Kier molecular flexibility index (Phi) is 5.88. The van der Waals surface area contributed by atoms with E-state index < -0.39 is 0 Å². The topological polar surface area (TPSA) is 34.4 Å². The molecule has 0 spiro atoms. The number of methoxy groups -OCH3 is 1. The van der Waals surface area contributed by atoms with E-state index in [-0.39, 0.29) is 0 Å². The van der Waals surface area contributed by atoms with Gasteiger partial charge in [-0.2, -0.15) is 0 Å². The molecule has 21 heavy (non-hydrogen) atoms. The van der Waals surface area contributed by atoms with E-state index in [2.05, 4.69) is 31.3 Å². The molecule has 0 aliphatic carbocycles. The van der Waals surface area contributed by atoms with Gasteiger partial charge in [0.1, 0.15) is 11.5 Å². The molecule has 0 amide bonds. The standard InChI is InChI=1S/C18H25NO2/c1-14(2)16(17-8-4-5-9-18(17)20-3)10-11-19-13-15-7-6-12-21-15/h4-9,12,14,16,19H,10-11,13H2,1-3H3. The van der Waals surface area contributed by atoms with Gasteiger partial charge in [0, 0.05) is 0 Å². The number of hydrogen-bond donors (Lipinski definition) is 1. The van der Waals surface area contributed by atoms with Crippen molar-refractivity contribution < 1.29 is 9.15 Å². The third-order valence-corrected chi connectivity index (χ3v) is 3.85. The Morgan fingerprint density at radius 1 is 1.14 bits per heavy atom. The first kappa shape index (κ1) is 15.6. The summed E-state index contributed by atoms with van der Waals surface area (Å²) in [7, 11) is 1.74. The summed E-state index contributed by atoms with van der Waals surface area (Å²) in [6.45, 7) is 6.28. The molecule has 1 atom stereocenters. The van der Waals surface area contributed by atoms with Gasteiger partial charge in [-0.1, -0.05) is 32.0 Å². The van der Waals surface area contributed by atoms with Crippen molar-refractivity contribution in [2.24, 2.45) is 5.92 Å². The fraction of sp³-hybridized carbons (Fsp3) is 0.444. The Labute approximate surface area is 127 Å². The summed E-state index contributed by atoms with van der Waals surface area (Å²) in [5.41, 5.74) is 1.30. The predicted octanol–water partition coefficient (Wildman–Crippen LogP) is 4.21. The smallest absolute Gasteiger partial charge is 0.122 e. The summed E-state index contributed by atoms with van der Waals surface area (Å²) in [6, 6.07) is 12.2. The van der Waals surface area contributed by atoms with Gasteiger partial charge in [-0.15, -0.1) is 0 Å². The first-order chi connectivity index (χ1) is 10.2. The Morgan fingerprint density at radius 2 is 1.95 bits per heavy atom. The molecule has 3 heteroatoms. The van der Waals surface area contributed by atoms with Gasteiger partial charge in [-0.25, -0.2) is 0 Å². The molecular formula is C18H25NO2. The maximum absolute atomic E-state index is 5.51. The summed E-state index contributed by atoms with van der Waals surface area (Å²) in [6.07, 6.45) is 2.79. The highest BCUT2D eigenvalue weighted by Gasteiger charge is 2.19. The average Bonchev–Trinajstić information content (AvgIpc) is 3.00. The highest BCUT2D eigenvalue weighted by Crippen LogP contribution is 2.33. The normalized spacial score (nSPS) is 12.6. The second-order valence-electron chi connectivity index (χ2n) is 5.64. The summed E-state index contributed by atoms with van der Waals surface area (Å²) in [5.74, 6) is 3.03. The van der Waals surface area contributed by atoms with E-state index in [0.29, 0.717) is 11.8 Å². The molecule has 0 radical (unpaired) electrons. The summed E-state index contributed by atoms with van der Waals surface area (Å²) >= 11 is 0. The zero-order valence-electron chi connectivity index (χ0n) is 13.1. The van der Waals surface area contributed by atoms with Crippen LogP contribution in [0, 0.1) is 5.92 Å². The minimum Gasteiger partial charge on any atom is -0.496 e.